The number of rotatable bonds is 4. The highest BCUT2D eigenvalue weighted by molar-refractivity contribution is 9.10. The van der Waals surface area contributed by atoms with Gasteiger partial charge >= 0.3 is 5.63 Å². The Kier molecular flexibility index (Phi) is 5.86. The van der Waals surface area contributed by atoms with Gasteiger partial charge in [0.15, 0.2) is 0 Å². The lowest BCUT2D eigenvalue weighted by Crippen LogP contribution is -2.03. The van der Waals surface area contributed by atoms with E-state index >= 15 is 0 Å². The number of halogens is 2. The molecular weight excluding hydrogens is 530 g/mol. The second-order valence-corrected chi connectivity index (χ2v) is 9.09. The van der Waals surface area contributed by atoms with Crippen LogP contribution in [0, 0.1) is 18.3 Å². The number of allylic oxidation sites excluding steroid dienone is 1. The van der Waals surface area contributed by atoms with E-state index in [-0.39, 0.29) is 0 Å². The standard InChI is InChI=1S/C22H13Br2N3O2S/c1-12-2-4-18(17(24)6-12)26-10-14(9-25)21-27-19(11-30-21)16-8-13-7-15(23)3-5-20(13)29-22(16)28/h2-8,10-11,26H,1H3. The van der Waals surface area contributed by atoms with Crippen LogP contribution < -0.4 is 10.9 Å². The molecule has 0 aliphatic rings. The third-order valence-corrected chi connectivity index (χ3v) is 6.35. The summed E-state index contributed by atoms with van der Waals surface area (Å²) < 4.78 is 7.20. The molecule has 4 rings (SSSR count). The summed E-state index contributed by atoms with van der Waals surface area (Å²) in [5.41, 5.74) is 3.21. The zero-order valence-electron chi connectivity index (χ0n) is 15.6. The number of aryl methyl sites for hydroxylation is 1. The zero-order chi connectivity index (χ0) is 21.3. The van der Waals surface area contributed by atoms with E-state index in [0.29, 0.717) is 27.4 Å². The lowest BCUT2D eigenvalue weighted by Gasteiger charge is -2.05. The number of anilines is 1. The van der Waals surface area contributed by atoms with Crippen LogP contribution in [-0.4, -0.2) is 4.98 Å². The van der Waals surface area contributed by atoms with Crippen LogP contribution >= 0.6 is 43.2 Å². The molecule has 8 heteroatoms. The Morgan fingerprint density at radius 1 is 1.23 bits per heavy atom. The summed E-state index contributed by atoms with van der Waals surface area (Å²) in [5, 5.41) is 15.8. The van der Waals surface area contributed by atoms with E-state index in [4.69, 9.17) is 4.42 Å². The predicted octanol–water partition coefficient (Wildman–Crippen LogP) is 6.73. The van der Waals surface area contributed by atoms with Crippen LogP contribution in [0.25, 0.3) is 27.8 Å². The normalized spacial score (nSPS) is 11.5. The van der Waals surface area contributed by atoms with E-state index in [9.17, 15) is 10.1 Å². The number of hydrogen-bond donors (Lipinski definition) is 1. The summed E-state index contributed by atoms with van der Waals surface area (Å²) in [4.78, 5) is 16.9. The summed E-state index contributed by atoms with van der Waals surface area (Å²) in [5.74, 6) is 0. The number of aromatic nitrogens is 1. The molecule has 2 aromatic heterocycles. The minimum Gasteiger partial charge on any atom is -0.422 e. The highest BCUT2D eigenvalue weighted by atomic mass is 79.9. The van der Waals surface area contributed by atoms with Crippen LogP contribution in [0.3, 0.4) is 0 Å². The summed E-state index contributed by atoms with van der Waals surface area (Å²) in [6.07, 6.45) is 1.61. The highest BCUT2D eigenvalue weighted by Crippen LogP contribution is 2.28. The Hall–Kier alpha value is -2.73. The lowest BCUT2D eigenvalue weighted by atomic mass is 10.1. The molecule has 0 aliphatic heterocycles. The molecular formula is C22H13Br2N3O2S. The Labute approximate surface area is 193 Å². The molecule has 0 fully saturated rings. The third kappa shape index (κ3) is 4.24. The maximum Gasteiger partial charge on any atom is 0.345 e. The fourth-order valence-electron chi connectivity index (χ4n) is 2.82. The molecule has 2 heterocycles. The molecule has 0 saturated heterocycles. The minimum atomic E-state index is -0.467. The quantitative estimate of drug-likeness (QED) is 0.228. The number of fused-ring (bicyclic) bond motifs is 1. The molecule has 0 amide bonds. The van der Waals surface area contributed by atoms with Gasteiger partial charge in [0, 0.05) is 25.9 Å². The van der Waals surface area contributed by atoms with Crippen molar-refractivity contribution in [3.05, 3.63) is 84.0 Å². The molecule has 30 heavy (non-hydrogen) atoms. The van der Waals surface area contributed by atoms with Gasteiger partial charge in [0.2, 0.25) is 0 Å². The van der Waals surface area contributed by atoms with Crippen molar-refractivity contribution in [1.82, 2.24) is 4.98 Å². The maximum absolute atomic E-state index is 12.4. The average Bonchev–Trinajstić information content (AvgIpc) is 3.19. The molecule has 0 spiro atoms. The van der Waals surface area contributed by atoms with Crippen LogP contribution in [0.4, 0.5) is 5.69 Å². The van der Waals surface area contributed by atoms with Crippen molar-refractivity contribution in [2.24, 2.45) is 0 Å². The molecule has 0 saturated carbocycles. The summed E-state index contributed by atoms with van der Waals surface area (Å²) in [7, 11) is 0. The Bertz CT molecular complexity index is 1400. The number of nitrogens with one attached hydrogen (secondary N) is 1. The van der Waals surface area contributed by atoms with Crippen LogP contribution in [0.2, 0.25) is 0 Å². The van der Waals surface area contributed by atoms with Crippen LogP contribution in [-0.2, 0) is 0 Å². The molecule has 0 unspecified atom stereocenters. The summed E-state index contributed by atoms with van der Waals surface area (Å²) in [6, 6.07) is 15.2. The second kappa shape index (κ2) is 8.56. The van der Waals surface area contributed by atoms with E-state index in [2.05, 4.69) is 48.2 Å². The number of benzene rings is 2. The molecule has 148 valence electrons. The summed E-state index contributed by atoms with van der Waals surface area (Å²) in [6.45, 7) is 2.00. The number of hydrogen-bond acceptors (Lipinski definition) is 6. The van der Waals surface area contributed by atoms with Gasteiger partial charge in [-0.05, 0) is 64.8 Å². The molecule has 0 bridgehead atoms. The lowest BCUT2D eigenvalue weighted by molar-refractivity contribution is 0.563. The smallest absolute Gasteiger partial charge is 0.345 e. The molecule has 0 aliphatic carbocycles. The van der Waals surface area contributed by atoms with E-state index < -0.39 is 5.63 Å². The van der Waals surface area contributed by atoms with Gasteiger partial charge in [-0.15, -0.1) is 11.3 Å². The molecule has 1 N–H and O–H groups in total. The van der Waals surface area contributed by atoms with Gasteiger partial charge in [0.1, 0.15) is 22.2 Å². The average molecular weight is 543 g/mol. The van der Waals surface area contributed by atoms with Crippen molar-refractivity contribution in [3.8, 4) is 17.3 Å². The van der Waals surface area contributed by atoms with E-state index in [1.807, 2.05) is 37.3 Å². The first-order chi connectivity index (χ1) is 14.4. The van der Waals surface area contributed by atoms with Crippen LogP contribution in [0.5, 0.6) is 0 Å². The molecule has 0 atom stereocenters. The van der Waals surface area contributed by atoms with Gasteiger partial charge in [-0.25, -0.2) is 9.78 Å². The molecule has 0 radical (unpaired) electrons. The molecule has 4 aromatic rings. The maximum atomic E-state index is 12.4. The summed E-state index contributed by atoms with van der Waals surface area (Å²) >= 11 is 8.22. The van der Waals surface area contributed by atoms with Crippen molar-refractivity contribution < 1.29 is 4.42 Å². The largest absolute Gasteiger partial charge is 0.422 e. The topological polar surface area (TPSA) is 78.9 Å². The van der Waals surface area contributed by atoms with E-state index in [0.717, 1.165) is 25.6 Å². The number of nitriles is 1. The van der Waals surface area contributed by atoms with Crippen LogP contribution in [0.1, 0.15) is 10.6 Å². The first-order valence-electron chi connectivity index (χ1n) is 8.77. The van der Waals surface area contributed by atoms with E-state index in [1.165, 1.54) is 11.3 Å². The fraction of sp³-hybridized carbons (Fsp3) is 0.0455. The second-order valence-electron chi connectivity index (χ2n) is 6.47. The van der Waals surface area contributed by atoms with Crippen LogP contribution in [0.15, 0.2) is 72.2 Å². The van der Waals surface area contributed by atoms with Crippen molar-refractivity contribution >= 4 is 65.4 Å². The van der Waals surface area contributed by atoms with Crippen molar-refractivity contribution in [2.75, 3.05) is 5.32 Å². The van der Waals surface area contributed by atoms with Gasteiger partial charge in [-0.2, -0.15) is 5.26 Å². The van der Waals surface area contributed by atoms with E-state index in [1.54, 1.807) is 23.7 Å². The van der Waals surface area contributed by atoms with Gasteiger partial charge in [-0.1, -0.05) is 22.0 Å². The monoisotopic (exact) mass is 541 g/mol. The number of nitrogens with zero attached hydrogens (tertiary/aromatic N) is 2. The van der Waals surface area contributed by atoms with Crippen molar-refractivity contribution in [2.45, 2.75) is 6.92 Å². The fourth-order valence-corrected chi connectivity index (χ4v) is 4.59. The molecule has 5 nitrogen and oxygen atoms in total. The SMILES string of the molecule is Cc1ccc(NC=C(C#N)c2nc(-c3cc4cc(Br)ccc4oc3=O)cs2)c(Br)c1. The van der Waals surface area contributed by atoms with Gasteiger partial charge in [0.25, 0.3) is 0 Å². The third-order valence-electron chi connectivity index (χ3n) is 4.32. The Morgan fingerprint density at radius 2 is 2.07 bits per heavy atom. The first-order valence-corrected chi connectivity index (χ1v) is 11.2. The van der Waals surface area contributed by atoms with Gasteiger partial charge < -0.3 is 9.73 Å². The zero-order valence-corrected chi connectivity index (χ0v) is 19.6. The van der Waals surface area contributed by atoms with Crippen molar-refractivity contribution in [3.63, 3.8) is 0 Å². The predicted molar refractivity (Wildman–Crippen MR) is 127 cm³/mol. The first kappa shape index (κ1) is 20.5. The van der Waals surface area contributed by atoms with Gasteiger partial charge in [-0.3, -0.25) is 0 Å². The molecule has 2 aromatic carbocycles. The Morgan fingerprint density at radius 3 is 2.83 bits per heavy atom. The van der Waals surface area contributed by atoms with Crippen molar-refractivity contribution in [1.29, 1.82) is 5.26 Å². The number of thiazole rings is 1. The van der Waals surface area contributed by atoms with Gasteiger partial charge in [0.05, 0.1) is 16.9 Å². The highest BCUT2D eigenvalue weighted by Gasteiger charge is 2.14. The minimum absolute atomic E-state index is 0.356. The Balaban J connectivity index is 1.67.